The van der Waals surface area contributed by atoms with Crippen LogP contribution < -0.4 is 11.2 Å². The van der Waals surface area contributed by atoms with Gasteiger partial charge in [-0.25, -0.2) is 10.2 Å². The van der Waals surface area contributed by atoms with Crippen molar-refractivity contribution in [3.63, 3.8) is 0 Å². The molecule has 0 radical (unpaired) electrons. The minimum absolute atomic E-state index is 0.0499. The molecular formula is C17H17N7O2S. The molecule has 0 saturated heterocycles. The Bertz CT molecular complexity index is 972. The number of aryl methyl sites for hydroxylation is 1. The molecule has 138 valence electrons. The fourth-order valence-electron chi connectivity index (χ4n) is 2.31. The summed E-state index contributed by atoms with van der Waals surface area (Å²) in [5.74, 6) is 0.346. The maximum Gasteiger partial charge on any atom is 0.332 e. The molecule has 2 aromatic carbocycles. The largest absolute Gasteiger partial charge is 0.507 e. The Morgan fingerprint density at radius 2 is 2.07 bits per heavy atom. The third-order valence-corrected chi connectivity index (χ3v) is 4.47. The van der Waals surface area contributed by atoms with Crippen molar-refractivity contribution in [1.82, 2.24) is 25.6 Å². The lowest BCUT2D eigenvalue weighted by molar-refractivity contribution is 0.249. The number of thioether (sulfide) groups is 1. The summed E-state index contributed by atoms with van der Waals surface area (Å²) in [6.07, 6.45) is 0. The van der Waals surface area contributed by atoms with E-state index in [1.165, 1.54) is 11.8 Å². The topological polar surface area (TPSA) is 131 Å². The number of carbonyl (C=O) groups excluding carboxylic acids is 1. The molecule has 0 aliphatic rings. The number of primary amides is 1. The van der Waals surface area contributed by atoms with Gasteiger partial charge in [-0.1, -0.05) is 41.6 Å². The molecule has 9 nitrogen and oxygen atoms in total. The van der Waals surface area contributed by atoms with Gasteiger partial charge in [-0.3, -0.25) is 0 Å². The lowest BCUT2D eigenvalue weighted by atomic mass is 10.1. The second-order valence-electron chi connectivity index (χ2n) is 5.55. The number of phenolic OH excluding ortho intramolecular Hbond substituents is 1. The van der Waals surface area contributed by atoms with Crippen LogP contribution in [0.15, 0.2) is 58.8 Å². The van der Waals surface area contributed by atoms with E-state index >= 15 is 0 Å². The third kappa shape index (κ3) is 4.61. The van der Waals surface area contributed by atoms with Gasteiger partial charge in [-0.05, 0) is 41.6 Å². The Labute approximate surface area is 159 Å². The van der Waals surface area contributed by atoms with Crippen LogP contribution in [0.1, 0.15) is 11.1 Å². The maximum absolute atomic E-state index is 11.1. The Balaban J connectivity index is 1.86. The number of carbonyl (C=O) groups is 1. The number of rotatable bonds is 6. The fourth-order valence-corrected chi connectivity index (χ4v) is 3.15. The first-order valence-corrected chi connectivity index (χ1v) is 8.92. The molecule has 0 aliphatic heterocycles. The second-order valence-corrected chi connectivity index (χ2v) is 6.50. The van der Waals surface area contributed by atoms with Crippen molar-refractivity contribution in [3.8, 4) is 11.4 Å². The summed E-state index contributed by atoms with van der Waals surface area (Å²) in [4.78, 5) is 11.1. The standard InChI is InChI=1S/C17H17N7O2S/c1-11-7-8-15(25)13(9-11)14(19-20-16(18)26)10-27-17-21-22-23-24(17)12-5-3-2-4-6-12/h2-9,25H,10H2,1H3,(H3,18,20,26). The van der Waals surface area contributed by atoms with Crippen molar-refractivity contribution in [2.45, 2.75) is 12.1 Å². The van der Waals surface area contributed by atoms with E-state index in [9.17, 15) is 9.90 Å². The highest BCUT2D eigenvalue weighted by Gasteiger charge is 2.15. The van der Waals surface area contributed by atoms with E-state index in [1.807, 2.05) is 37.3 Å². The minimum atomic E-state index is -0.793. The van der Waals surface area contributed by atoms with Gasteiger partial charge in [0.15, 0.2) is 0 Å². The van der Waals surface area contributed by atoms with Crippen LogP contribution in [0.4, 0.5) is 4.79 Å². The number of nitrogens with zero attached hydrogens (tertiary/aromatic N) is 5. The zero-order valence-corrected chi connectivity index (χ0v) is 15.2. The number of para-hydroxylation sites is 1. The highest BCUT2D eigenvalue weighted by Crippen LogP contribution is 2.24. The summed E-state index contributed by atoms with van der Waals surface area (Å²) in [6, 6.07) is 13.8. The van der Waals surface area contributed by atoms with Gasteiger partial charge in [0, 0.05) is 11.3 Å². The van der Waals surface area contributed by atoms with Crippen LogP contribution in [0.2, 0.25) is 0 Å². The fraction of sp³-hybridized carbons (Fsp3) is 0.118. The molecule has 10 heteroatoms. The third-order valence-electron chi connectivity index (χ3n) is 3.54. The number of nitrogens with one attached hydrogen (secondary N) is 1. The van der Waals surface area contributed by atoms with E-state index in [0.29, 0.717) is 22.2 Å². The molecule has 1 aromatic heterocycles. The van der Waals surface area contributed by atoms with Crippen molar-refractivity contribution in [2.24, 2.45) is 10.8 Å². The van der Waals surface area contributed by atoms with Crippen molar-refractivity contribution >= 4 is 23.5 Å². The molecule has 4 N–H and O–H groups in total. The predicted molar refractivity (Wildman–Crippen MR) is 102 cm³/mol. The Morgan fingerprint density at radius 1 is 1.30 bits per heavy atom. The van der Waals surface area contributed by atoms with E-state index < -0.39 is 6.03 Å². The van der Waals surface area contributed by atoms with Crippen molar-refractivity contribution in [3.05, 3.63) is 59.7 Å². The number of amides is 2. The van der Waals surface area contributed by atoms with E-state index in [1.54, 1.807) is 22.9 Å². The molecule has 0 saturated carbocycles. The van der Waals surface area contributed by atoms with Crippen LogP contribution in [0, 0.1) is 6.92 Å². The average molecular weight is 383 g/mol. The van der Waals surface area contributed by atoms with Gasteiger partial charge < -0.3 is 10.8 Å². The minimum Gasteiger partial charge on any atom is -0.507 e. The molecule has 3 rings (SSSR count). The molecular weight excluding hydrogens is 366 g/mol. The van der Waals surface area contributed by atoms with Crippen LogP contribution in [0.25, 0.3) is 5.69 Å². The lowest BCUT2D eigenvalue weighted by Gasteiger charge is -2.10. The predicted octanol–water partition coefficient (Wildman–Crippen LogP) is 1.84. The number of benzene rings is 2. The number of phenols is 1. The van der Waals surface area contributed by atoms with Crippen molar-refractivity contribution in [1.29, 1.82) is 0 Å². The average Bonchev–Trinajstić information content (AvgIpc) is 3.13. The van der Waals surface area contributed by atoms with E-state index in [4.69, 9.17) is 5.73 Å². The van der Waals surface area contributed by atoms with Gasteiger partial charge >= 0.3 is 6.03 Å². The van der Waals surface area contributed by atoms with E-state index in [0.717, 1.165) is 11.3 Å². The molecule has 0 atom stereocenters. The summed E-state index contributed by atoms with van der Waals surface area (Å²) in [6.45, 7) is 1.89. The van der Waals surface area contributed by atoms with Crippen molar-refractivity contribution in [2.75, 3.05) is 5.75 Å². The SMILES string of the molecule is Cc1ccc(O)c(C(CSc2nnnn2-c2ccccc2)=NNC(N)=O)c1. The summed E-state index contributed by atoms with van der Waals surface area (Å²) >= 11 is 1.31. The number of hydrogen-bond acceptors (Lipinski definition) is 7. The van der Waals surface area contributed by atoms with Crippen LogP contribution in [0.3, 0.4) is 0 Å². The van der Waals surface area contributed by atoms with Crippen LogP contribution in [-0.4, -0.2) is 42.8 Å². The number of nitrogens with two attached hydrogens (primary N) is 1. The normalized spacial score (nSPS) is 11.4. The number of aromatic nitrogens is 4. The van der Waals surface area contributed by atoms with Gasteiger partial charge in [0.2, 0.25) is 5.16 Å². The molecule has 0 bridgehead atoms. The molecule has 27 heavy (non-hydrogen) atoms. The number of hydrogen-bond donors (Lipinski definition) is 3. The molecule has 0 unspecified atom stereocenters. The molecule has 1 heterocycles. The zero-order chi connectivity index (χ0) is 19.2. The second kappa shape index (κ2) is 8.32. The van der Waals surface area contributed by atoms with Gasteiger partial charge in [0.1, 0.15) is 5.75 Å². The molecule has 3 aromatic rings. The maximum atomic E-state index is 11.1. The number of urea groups is 1. The van der Waals surface area contributed by atoms with Gasteiger partial charge in [0.05, 0.1) is 11.4 Å². The molecule has 0 aliphatic carbocycles. The summed E-state index contributed by atoms with van der Waals surface area (Å²) in [5, 5.41) is 26.5. The monoisotopic (exact) mass is 383 g/mol. The first-order valence-electron chi connectivity index (χ1n) is 7.93. The zero-order valence-electron chi connectivity index (χ0n) is 14.4. The summed E-state index contributed by atoms with van der Waals surface area (Å²) < 4.78 is 1.60. The quantitative estimate of drug-likeness (QED) is 0.338. The first kappa shape index (κ1) is 18.4. The Hall–Kier alpha value is -3.40. The number of tetrazole rings is 1. The molecule has 0 fully saturated rings. The Kier molecular flexibility index (Phi) is 5.67. The van der Waals surface area contributed by atoms with Crippen molar-refractivity contribution < 1.29 is 9.90 Å². The number of hydrazone groups is 1. The smallest absolute Gasteiger partial charge is 0.332 e. The number of aromatic hydroxyl groups is 1. The highest BCUT2D eigenvalue weighted by atomic mass is 32.2. The molecule has 2 amide bonds. The lowest BCUT2D eigenvalue weighted by Crippen LogP contribution is -2.26. The van der Waals surface area contributed by atoms with Crippen LogP contribution in [-0.2, 0) is 0 Å². The first-order chi connectivity index (χ1) is 13.0. The van der Waals surface area contributed by atoms with Gasteiger partial charge in [-0.2, -0.15) is 9.78 Å². The Morgan fingerprint density at radius 3 is 2.81 bits per heavy atom. The highest BCUT2D eigenvalue weighted by molar-refractivity contribution is 7.99. The van der Waals surface area contributed by atoms with Crippen LogP contribution in [0.5, 0.6) is 5.75 Å². The van der Waals surface area contributed by atoms with Crippen LogP contribution >= 0.6 is 11.8 Å². The van der Waals surface area contributed by atoms with Gasteiger partial charge in [-0.15, -0.1) is 5.10 Å². The summed E-state index contributed by atoms with van der Waals surface area (Å²) in [5.41, 5.74) is 10.0. The molecule has 0 spiro atoms. The van der Waals surface area contributed by atoms with E-state index in [-0.39, 0.29) is 5.75 Å². The van der Waals surface area contributed by atoms with E-state index in [2.05, 4.69) is 26.1 Å². The van der Waals surface area contributed by atoms with Gasteiger partial charge in [0.25, 0.3) is 0 Å². The summed E-state index contributed by atoms with van der Waals surface area (Å²) in [7, 11) is 0.